The van der Waals surface area contributed by atoms with Gasteiger partial charge in [0.25, 0.3) is 0 Å². The van der Waals surface area contributed by atoms with Gasteiger partial charge in [-0.25, -0.2) is 4.98 Å². The number of ether oxygens (including phenoxy) is 1. The molecule has 0 N–H and O–H groups in total. The smallest absolute Gasteiger partial charge is 0.201 e. The molecule has 1 aromatic heterocycles. The molecule has 120 valence electrons. The second-order valence-corrected chi connectivity index (χ2v) is 6.02. The summed E-state index contributed by atoms with van der Waals surface area (Å²) in [5.74, 6) is 1.44. The molecule has 0 spiro atoms. The van der Waals surface area contributed by atoms with E-state index in [1.807, 2.05) is 12.1 Å². The van der Waals surface area contributed by atoms with Gasteiger partial charge >= 0.3 is 0 Å². The Bertz CT molecular complexity index is 720. The van der Waals surface area contributed by atoms with Crippen LogP contribution in [0.25, 0.3) is 0 Å². The van der Waals surface area contributed by atoms with Crippen molar-refractivity contribution in [1.82, 2.24) is 14.8 Å². The van der Waals surface area contributed by atoms with Crippen LogP contribution in [0.4, 0.5) is 0 Å². The standard InChI is InChI=1S/C17H20N4O2/c1-4-9-22-20-16(21-12-18-11-19-21)14-6-5-13-7-8-17(2,3)23-15(13)10-14/h4-6,10-12H,1,7-9H2,2-3H3/b20-16-. The van der Waals surface area contributed by atoms with E-state index in [9.17, 15) is 0 Å². The summed E-state index contributed by atoms with van der Waals surface area (Å²) in [7, 11) is 0. The van der Waals surface area contributed by atoms with Crippen LogP contribution in [-0.2, 0) is 11.3 Å². The normalized spacial score (nSPS) is 16.3. The molecule has 0 fully saturated rings. The third-order valence-electron chi connectivity index (χ3n) is 3.69. The molecule has 23 heavy (non-hydrogen) atoms. The summed E-state index contributed by atoms with van der Waals surface area (Å²) in [4.78, 5) is 9.22. The summed E-state index contributed by atoms with van der Waals surface area (Å²) in [5, 5.41) is 8.30. The summed E-state index contributed by atoms with van der Waals surface area (Å²) >= 11 is 0. The molecule has 0 aliphatic carbocycles. The molecule has 2 heterocycles. The molecule has 6 nitrogen and oxygen atoms in total. The minimum absolute atomic E-state index is 0.157. The van der Waals surface area contributed by atoms with Crippen LogP contribution in [-0.4, -0.2) is 32.8 Å². The van der Waals surface area contributed by atoms with Crippen molar-refractivity contribution >= 4 is 5.84 Å². The largest absolute Gasteiger partial charge is 0.488 e. The van der Waals surface area contributed by atoms with Crippen LogP contribution in [0.3, 0.4) is 0 Å². The van der Waals surface area contributed by atoms with Gasteiger partial charge < -0.3 is 9.57 Å². The second-order valence-electron chi connectivity index (χ2n) is 6.02. The summed E-state index contributed by atoms with van der Waals surface area (Å²) in [5.41, 5.74) is 1.91. The van der Waals surface area contributed by atoms with Gasteiger partial charge in [-0.1, -0.05) is 29.9 Å². The Morgan fingerprint density at radius 3 is 3.13 bits per heavy atom. The molecular formula is C17H20N4O2. The van der Waals surface area contributed by atoms with Crippen LogP contribution in [0.15, 0.2) is 48.7 Å². The van der Waals surface area contributed by atoms with Gasteiger partial charge in [0, 0.05) is 5.56 Å². The third-order valence-corrected chi connectivity index (χ3v) is 3.69. The monoisotopic (exact) mass is 312 g/mol. The van der Waals surface area contributed by atoms with Crippen molar-refractivity contribution in [2.24, 2.45) is 5.16 Å². The van der Waals surface area contributed by atoms with Gasteiger partial charge in [-0.05, 0) is 38.3 Å². The predicted molar refractivity (Wildman–Crippen MR) is 87.6 cm³/mol. The van der Waals surface area contributed by atoms with E-state index >= 15 is 0 Å². The number of aromatic nitrogens is 3. The number of nitrogens with zero attached hydrogens (tertiary/aromatic N) is 4. The maximum atomic E-state index is 6.10. The first-order chi connectivity index (χ1) is 11.1. The number of rotatable bonds is 4. The molecule has 1 aliphatic heterocycles. The zero-order valence-corrected chi connectivity index (χ0v) is 13.4. The number of benzene rings is 1. The minimum atomic E-state index is -0.157. The highest BCUT2D eigenvalue weighted by Gasteiger charge is 2.27. The number of aryl methyl sites for hydroxylation is 1. The molecule has 3 rings (SSSR count). The zero-order valence-electron chi connectivity index (χ0n) is 13.4. The van der Waals surface area contributed by atoms with Gasteiger partial charge in [0.2, 0.25) is 5.84 Å². The number of fused-ring (bicyclic) bond motifs is 1. The summed E-state index contributed by atoms with van der Waals surface area (Å²) in [6.07, 6.45) is 6.69. The molecule has 0 unspecified atom stereocenters. The number of hydrogen-bond acceptors (Lipinski definition) is 5. The molecule has 0 radical (unpaired) electrons. The average molecular weight is 312 g/mol. The minimum Gasteiger partial charge on any atom is -0.488 e. The molecule has 0 atom stereocenters. The quantitative estimate of drug-likeness (QED) is 0.286. The third kappa shape index (κ3) is 3.41. The fraction of sp³-hybridized carbons (Fsp3) is 0.353. The van der Waals surface area contributed by atoms with E-state index in [4.69, 9.17) is 9.57 Å². The molecule has 1 aliphatic rings. The highest BCUT2D eigenvalue weighted by atomic mass is 16.6. The van der Waals surface area contributed by atoms with Gasteiger partial charge in [0.1, 0.15) is 30.6 Å². The number of oxime groups is 1. The summed E-state index contributed by atoms with van der Waals surface area (Å²) in [6, 6.07) is 6.05. The first-order valence-electron chi connectivity index (χ1n) is 7.57. The summed E-state index contributed by atoms with van der Waals surface area (Å²) < 4.78 is 7.66. The average Bonchev–Trinajstić information content (AvgIpc) is 3.04. The van der Waals surface area contributed by atoms with Crippen LogP contribution >= 0.6 is 0 Å². The Balaban J connectivity index is 1.97. The van der Waals surface area contributed by atoms with Crippen LogP contribution in [0.5, 0.6) is 5.75 Å². The molecule has 6 heteroatoms. The molecule has 0 bridgehead atoms. The van der Waals surface area contributed by atoms with Gasteiger partial charge in [-0.15, -0.1) is 0 Å². The van der Waals surface area contributed by atoms with E-state index < -0.39 is 0 Å². The van der Waals surface area contributed by atoms with E-state index in [-0.39, 0.29) is 5.60 Å². The van der Waals surface area contributed by atoms with Crippen LogP contribution in [0.2, 0.25) is 0 Å². The lowest BCUT2D eigenvalue weighted by Gasteiger charge is -2.32. The van der Waals surface area contributed by atoms with Crippen molar-refractivity contribution in [1.29, 1.82) is 0 Å². The van der Waals surface area contributed by atoms with Crippen LogP contribution in [0.1, 0.15) is 31.4 Å². The Hall–Kier alpha value is -2.63. The van der Waals surface area contributed by atoms with Crippen molar-refractivity contribution in [2.75, 3.05) is 6.61 Å². The van der Waals surface area contributed by atoms with Crippen LogP contribution < -0.4 is 4.74 Å². The lowest BCUT2D eigenvalue weighted by atomic mass is 9.93. The molecule has 0 saturated heterocycles. The Labute approximate surface area is 135 Å². The molecule has 1 aromatic carbocycles. The highest BCUT2D eigenvalue weighted by Crippen LogP contribution is 2.33. The first kappa shape index (κ1) is 15.3. The molecular weight excluding hydrogens is 292 g/mol. The van der Waals surface area contributed by atoms with Gasteiger partial charge in [-0.2, -0.15) is 9.78 Å². The van der Waals surface area contributed by atoms with Crippen molar-refractivity contribution in [3.63, 3.8) is 0 Å². The zero-order chi connectivity index (χ0) is 16.3. The van der Waals surface area contributed by atoms with E-state index in [2.05, 4.69) is 41.7 Å². The predicted octanol–water partition coefficient (Wildman–Crippen LogP) is 2.79. The van der Waals surface area contributed by atoms with Gasteiger partial charge in [0.05, 0.1) is 0 Å². The molecule has 0 amide bonds. The highest BCUT2D eigenvalue weighted by molar-refractivity contribution is 5.99. The van der Waals surface area contributed by atoms with Crippen molar-refractivity contribution < 1.29 is 9.57 Å². The molecule has 2 aromatic rings. The molecule has 0 saturated carbocycles. The topological polar surface area (TPSA) is 61.5 Å². The number of hydrogen-bond donors (Lipinski definition) is 0. The lowest BCUT2D eigenvalue weighted by Crippen LogP contribution is -2.32. The van der Waals surface area contributed by atoms with Crippen molar-refractivity contribution in [3.8, 4) is 5.75 Å². The SMILES string of the molecule is C=CCO/N=C(/c1ccc2c(c1)OC(C)(C)CC2)n1cncn1. The maximum Gasteiger partial charge on any atom is 0.201 e. The fourth-order valence-corrected chi connectivity index (χ4v) is 2.48. The first-order valence-corrected chi connectivity index (χ1v) is 7.57. The van der Waals surface area contributed by atoms with E-state index in [0.29, 0.717) is 12.4 Å². The van der Waals surface area contributed by atoms with Crippen molar-refractivity contribution in [3.05, 3.63) is 54.6 Å². The van der Waals surface area contributed by atoms with Crippen LogP contribution in [0, 0.1) is 0 Å². The van der Waals surface area contributed by atoms with E-state index in [1.165, 1.54) is 11.9 Å². The van der Waals surface area contributed by atoms with Gasteiger partial charge in [0.15, 0.2) is 0 Å². The Morgan fingerprint density at radius 1 is 1.52 bits per heavy atom. The van der Waals surface area contributed by atoms with E-state index in [0.717, 1.165) is 24.2 Å². The Kier molecular flexibility index (Phi) is 4.14. The van der Waals surface area contributed by atoms with Gasteiger partial charge in [-0.3, -0.25) is 0 Å². The van der Waals surface area contributed by atoms with Crippen molar-refractivity contribution in [2.45, 2.75) is 32.3 Å². The lowest BCUT2D eigenvalue weighted by molar-refractivity contribution is 0.0847. The fourth-order valence-electron chi connectivity index (χ4n) is 2.48. The van der Waals surface area contributed by atoms with E-state index in [1.54, 1.807) is 17.1 Å². The maximum absolute atomic E-state index is 6.10. The second kappa shape index (κ2) is 6.24. The Morgan fingerprint density at radius 2 is 2.39 bits per heavy atom. The summed E-state index contributed by atoms with van der Waals surface area (Å²) in [6.45, 7) is 8.14.